The van der Waals surface area contributed by atoms with Crippen molar-refractivity contribution in [2.45, 2.75) is 6.92 Å². The molecule has 2 aliphatic rings. The molecule has 0 radical (unpaired) electrons. The third-order valence-corrected chi connectivity index (χ3v) is 4.87. The van der Waals surface area contributed by atoms with Crippen molar-refractivity contribution in [3.8, 4) is 11.5 Å². The van der Waals surface area contributed by atoms with Gasteiger partial charge in [-0.05, 0) is 24.3 Å². The van der Waals surface area contributed by atoms with Gasteiger partial charge in [0.05, 0.1) is 0 Å². The van der Waals surface area contributed by atoms with E-state index >= 15 is 0 Å². The smallest absolute Gasteiger partial charge is 0.274 e. The van der Waals surface area contributed by atoms with Gasteiger partial charge in [0.15, 0.2) is 11.5 Å². The van der Waals surface area contributed by atoms with Crippen LogP contribution in [0, 0.1) is 0 Å². The van der Waals surface area contributed by atoms with Gasteiger partial charge in [-0.1, -0.05) is 0 Å². The quantitative estimate of drug-likeness (QED) is 0.871. The minimum Gasteiger partial charge on any atom is -0.486 e. The number of carbonyl (C=O) groups is 2. The van der Waals surface area contributed by atoms with Gasteiger partial charge in [-0.3, -0.25) is 14.6 Å². The van der Waals surface area contributed by atoms with Gasteiger partial charge in [0.2, 0.25) is 5.91 Å². The summed E-state index contributed by atoms with van der Waals surface area (Å²) in [5.41, 5.74) is 1.88. The summed E-state index contributed by atoms with van der Waals surface area (Å²) in [6, 6.07) is 8.96. The minimum absolute atomic E-state index is 0.0916. The van der Waals surface area contributed by atoms with Crippen molar-refractivity contribution >= 4 is 23.2 Å². The summed E-state index contributed by atoms with van der Waals surface area (Å²) in [4.78, 5) is 32.3. The van der Waals surface area contributed by atoms with Crippen LogP contribution in [0.5, 0.6) is 11.5 Å². The number of piperazine rings is 1. The van der Waals surface area contributed by atoms with Crippen molar-refractivity contribution in [1.82, 2.24) is 9.88 Å². The molecular formula is C20H22N4O4. The molecule has 2 aliphatic heterocycles. The van der Waals surface area contributed by atoms with Crippen LogP contribution in [-0.4, -0.2) is 61.1 Å². The molecule has 4 rings (SSSR count). The maximum Gasteiger partial charge on any atom is 0.274 e. The number of rotatable bonds is 3. The van der Waals surface area contributed by atoms with E-state index in [1.165, 1.54) is 0 Å². The molecule has 0 bridgehead atoms. The van der Waals surface area contributed by atoms with Gasteiger partial charge in [-0.25, -0.2) is 0 Å². The Labute approximate surface area is 163 Å². The molecule has 1 saturated heterocycles. The van der Waals surface area contributed by atoms with Gasteiger partial charge < -0.3 is 24.6 Å². The number of nitrogens with zero attached hydrogens (tertiary/aromatic N) is 3. The van der Waals surface area contributed by atoms with Crippen LogP contribution < -0.4 is 19.7 Å². The van der Waals surface area contributed by atoms with Gasteiger partial charge in [0.25, 0.3) is 5.91 Å². The van der Waals surface area contributed by atoms with Gasteiger partial charge in [-0.15, -0.1) is 0 Å². The standard InChI is InChI=1S/C20H22N4O4/c1-14(25)23-6-8-24(9-7-23)16-4-5-21-17(13-16)20(26)22-15-2-3-18-19(12-15)28-11-10-27-18/h2-5,12-13H,6-11H2,1H3,(H,22,26). The Hall–Kier alpha value is -3.29. The highest BCUT2D eigenvalue weighted by Gasteiger charge is 2.20. The van der Waals surface area contributed by atoms with Crippen LogP contribution in [0.15, 0.2) is 36.5 Å². The zero-order valence-corrected chi connectivity index (χ0v) is 15.7. The van der Waals surface area contributed by atoms with Crippen molar-refractivity contribution < 1.29 is 19.1 Å². The lowest BCUT2D eigenvalue weighted by Gasteiger charge is -2.35. The zero-order chi connectivity index (χ0) is 19.5. The number of hydrogen-bond donors (Lipinski definition) is 1. The molecule has 8 heteroatoms. The third-order valence-electron chi connectivity index (χ3n) is 4.87. The van der Waals surface area contributed by atoms with Gasteiger partial charge in [0, 0.05) is 56.7 Å². The average molecular weight is 382 g/mol. The summed E-state index contributed by atoms with van der Waals surface area (Å²) in [5, 5.41) is 2.85. The van der Waals surface area contributed by atoms with E-state index in [1.807, 2.05) is 11.0 Å². The Balaban J connectivity index is 1.44. The number of ether oxygens (including phenoxy) is 2. The Kier molecular flexibility index (Phi) is 5.01. The second kappa shape index (κ2) is 7.75. The van der Waals surface area contributed by atoms with Crippen molar-refractivity contribution in [3.05, 3.63) is 42.2 Å². The number of fused-ring (bicyclic) bond motifs is 1. The number of aromatic nitrogens is 1. The molecule has 0 atom stereocenters. The number of pyridine rings is 1. The summed E-state index contributed by atoms with van der Waals surface area (Å²) in [5.74, 6) is 1.10. The number of hydrogen-bond acceptors (Lipinski definition) is 6. The summed E-state index contributed by atoms with van der Waals surface area (Å²) < 4.78 is 11.0. The summed E-state index contributed by atoms with van der Waals surface area (Å²) in [6.07, 6.45) is 1.63. The van der Waals surface area contributed by atoms with E-state index in [2.05, 4.69) is 15.2 Å². The first-order chi connectivity index (χ1) is 13.6. The van der Waals surface area contributed by atoms with Gasteiger partial charge >= 0.3 is 0 Å². The van der Waals surface area contributed by atoms with Gasteiger partial charge in [-0.2, -0.15) is 0 Å². The average Bonchev–Trinajstić information content (AvgIpc) is 2.74. The van der Waals surface area contributed by atoms with E-state index in [-0.39, 0.29) is 11.8 Å². The molecule has 28 heavy (non-hydrogen) atoms. The third kappa shape index (κ3) is 3.85. The molecule has 8 nitrogen and oxygen atoms in total. The van der Waals surface area contributed by atoms with Crippen molar-refractivity contribution in [3.63, 3.8) is 0 Å². The SMILES string of the molecule is CC(=O)N1CCN(c2ccnc(C(=O)Nc3ccc4c(c3)OCCO4)c2)CC1. The lowest BCUT2D eigenvalue weighted by Crippen LogP contribution is -2.48. The highest BCUT2D eigenvalue weighted by Crippen LogP contribution is 2.32. The maximum atomic E-state index is 12.6. The highest BCUT2D eigenvalue weighted by molar-refractivity contribution is 6.03. The van der Waals surface area contributed by atoms with E-state index in [9.17, 15) is 9.59 Å². The molecule has 146 valence electrons. The fraction of sp³-hybridized carbons (Fsp3) is 0.350. The zero-order valence-electron chi connectivity index (χ0n) is 15.7. The van der Waals surface area contributed by atoms with Crippen LogP contribution in [0.2, 0.25) is 0 Å². The van der Waals surface area contributed by atoms with Crippen LogP contribution in [0.1, 0.15) is 17.4 Å². The molecule has 1 aromatic heterocycles. The van der Waals surface area contributed by atoms with Crippen molar-refractivity contribution in [2.24, 2.45) is 0 Å². The summed E-state index contributed by atoms with van der Waals surface area (Å²) in [6.45, 7) is 5.41. The number of anilines is 2. The normalized spacial score (nSPS) is 15.9. The number of amides is 2. The van der Waals surface area contributed by atoms with E-state index in [4.69, 9.17) is 9.47 Å². The molecule has 0 spiro atoms. The summed E-state index contributed by atoms with van der Waals surface area (Å²) >= 11 is 0. The number of benzene rings is 1. The van der Waals surface area contributed by atoms with Crippen molar-refractivity contribution in [2.75, 3.05) is 49.6 Å². The molecule has 0 aliphatic carbocycles. The molecule has 3 heterocycles. The maximum absolute atomic E-state index is 12.6. The number of nitrogens with one attached hydrogen (secondary N) is 1. The first-order valence-corrected chi connectivity index (χ1v) is 9.28. The molecule has 1 fully saturated rings. The molecular weight excluding hydrogens is 360 g/mol. The van der Waals surface area contributed by atoms with Crippen LogP contribution in [-0.2, 0) is 4.79 Å². The van der Waals surface area contributed by atoms with Crippen molar-refractivity contribution in [1.29, 1.82) is 0 Å². The molecule has 0 saturated carbocycles. The predicted molar refractivity (Wildman–Crippen MR) is 104 cm³/mol. The van der Waals surface area contributed by atoms with E-state index in [0.29, 0.717) is 49.2 Å². The lowest BCUT2D eigenvalue weighted by atomic mass is 10.2. The topological polar surface area (TPSA) is 84.0 Å². The first-order valence-electron chi connectivity index (χ1n) is 9.28. The van der Waals surface area contributed by atoms with E-state index in [1.54, 1.807) is 37.4 Å². The Morgan fingerprint density at radius 2 is 1.75 bits per heavy atom. The second-order valence-corrected chi connectivity index (χ2v) is 6.70. The van der Waals surface area contributed by atoms with Crippen LogP contribution in [0.3, 0.4) is 0 Å². The van der Waals surface area contributed by atoms with Crippen LogP contribution in [0.4, 0.5) is 11.4 Å². The Bertz CT molecular complexity index is 894. The monoisotopic (exact) mass is 382 g/mol. The highest BCUT2D eigenvalue weighted by atomic mass is 16.6. The molecule has 0 unspecified atom stereocenters. The largest absolute Gasteiger partial charge is 0.486 e. The number of carbonyl (C=O) groups excluding carboxylic acids is 2. The molecule has 1 N–H and O–H groups in total. The van der Waals surface area contributed by atoms with E-state index < -0.39 is 0 Å². The molecule has 2 amide bonds. The van der Waals surface area contributed by atoms with E-state index in [0.717, 1.165) is 18.8 Å². The second-order valence-electron chi connectivity index (χ2n) is 6.70. The van der Waals surface area contributed by atoms with Gasteiger partial charge in [0.1, 0.15) is 18.9 Å². The fourth-order valence-corrected chi connectivity index (χ4v) is 3.34. The summed E-state index contributed by atoms with van der Waals surface area (Å²) in [7, 11) is 0. The fourth-order valence-electron chi connectivity index (χ4n) is 3.34. The van der Waals surface area contributed by atoms with Crippen LogP contribution in [0.25, 0.3) is 0 Å². The molecule has 1 aromatic carbocycles. The minimum atomic E-state index is -0.291. The lowest BCUT2D eigenvalue weighted by molar-refractivity contribution is -0.129. The van der Waals surface area contributed by atoms with Crippen LogP contribution >= 0.6 is 0 Å². The predicted octanol–water partition coefficient (Wildman–Crippen LogP) is 1.77. The first kappa shape index (κ1) is 18.1. The Morgan fingerprint density at radius 3 is 2.50 bits per heavy atom. The molecule has 2 aromatic rings. The Morgan fingerprint density at radius 1 is 1.00 bits per heavy atom.